The van der Waals surface area contributed by atoms with Crippen molar-refractivity contribution in [3.05, 3.63) is 173 Å². The van der Waals surface area contributed by atoms with Crippen molar-refractivity contribution in [2.75, 3.05) is 28.4 Å². The number of ketones is 5. The molecule has 10 nitrogen and oxygen atoms in total. The van der Waals surface area contributed by atoms with Gasteiger partial charge in [0, 0.05) is 34.4 Å². The molecule has 0 N–H and O–H groups in total. The minimum Gasteiger partial charge on any atom is -0.497 e. The van der Waals surface area contributed by atoms with Crippen LogP contribution in [0.15, 0.2) is 151 Å². The molecule has 1 aliphatic carbocycles. The molecule has 6 aromatic rings. The molecule has 1 saturated carbocycles. The Kier molecular flexibility index (Phi) is 23.4. The molecule has 0 radical (unpaired) electrons. The Hall–Kier alpha value is -7.46. The van der Waals surface area contributed by atoms with Gasteiger partial charge < -0.3 is 18.9 Å². The third-order valence-electron chi connectivity index (χ3n) is 10.6. The smallest absolute Gasteiger partial charge is 0.160 e. The summed E-state index contributed by atoms with van der Waals surface area (Å²) >= 11 is 0. The molecule has 0 aromatic heterocycles. The summed E-state index contributed by atoms with van der Waals surface area (Å²) in [6.07, 6.45) is 7.90. The molecule has 0 amide bonds. The minimum absolute atomic E-state index is 0.0186. The summed E-state index contributed by atoms with van der Waals surface area (Å²) in [4.78, 5) is 59.1. The summed E-state index contributed by atoms with van der Waals surface area (Å²) in [5, 5.41) is 0. The Morgan fingerprint density at radius 2 is 0.776 bits per heavy atom. The largest absolute Gasteiger partial charge is 0.497 e. The van der Waals surface area contributed by atoms with Gasteiger partial charge in [-0.15, -0.1) is 0 Å². The fourth-order valence-electron chi connectivity index (χ4n) is 6.54. The lowest BCUT2D eigenvalue weighted by Gasteiger charge is -2.17. The molecule has 0 unspecified atom stereocenters. The number of Topliss-reactive ketones (excluding diaryl/α,β-unsaturated/α-hetero) is 5. The van der Waals surface area contributed by atoms with E-state index in [-0.39, 0.29) is 23.1 Å². The highest BCUT2D eigenvalue weighted by Gasteiger charge is 2.16. The van der Waals surface area contributed by atoms with Gasteiger partial charge in [0.15, 0.2) is 34.6 Å². The van der Waals surface area contributed by atoms with E-state index in [1.165, 1.54) is 51.2 Å². The first-order valence-electron chi connectivity index (χ1n) is 22.0. The van der Waals surface area contributed by atoms with E-state index in [0.717, 1.165) is 47.1 Å². The summed E-state index contributed by atoms with van der Waals surface area (Å²) in [5.41, 5.74) is 6.69. The van der Waals surface area contributed by atoms with Gasteiger partial charge in [0.25, 0.3) is 0 Å². The van der Waals surface area contributed by atoms with Gasteiger partial charge in [-0.2, -0.15) is 0 Å². The SMILES string of the molecule is CC(=O)C1CCCCC1.CC(=O)c1ccc(C(C)=O)cc1.CC(=O)c1ccc(C=Nc2ccc(C(C)=O)cc2)cc1.COc1ccc(-c2ccc(OC)cc2)cc1.COc1ccccc1OC. The summed E-state index contributed by atoms with van der Waals surface area (Å²) in [6.45, 7) is 7.80. The molecule has 1 aliphatic rings. The summed E-state index contributed by atoms with van der Waals surface area (Å²) in [6, 6.07) is 44.6. The van der Waals surface area contributed by atoms with Crippen molar-refractivity contribution in [1.82, 2.24) is 0 Å². The average molecular weight is 906 g/mol. The van der Waals surface area contributed by atoms with Crippen molar-refractivity contribution in [2.24, 2.45) is 10.9 Å². The molecule has 0 heterocycles. The number of para-hydroxylation sites is 2. The van der Waals surface area contributed by atoms with Crippen LogP contribution in [0.5, 0.6) is 23.0 Å². The molecule has 0 atom stereocenters. The van der Waals surface area contributed by atoms with Gasteiger partial charge in [0.2, 0.25) is 0 Å². The Bertz CT molecular complexity index is 2320. The second-order valence-corrected chi connectivity index (χ2v) is 15.5. The molecule has 0 spiro atoms. The molecule has 0 saturated heterocycles. The highest BCUT2D eigenvalue weighted by molar-refractivity contribution is 5.98. The van der Waals surface area contributed by atoms with E-state index < -0.39 is 0 Å². The molecular weight excluding hydrogens is 843 g/mol. The Balaban J connectivity index is 0.000000229. The normalized spacial score (nSPS) is 11.5. The highest BCUT2D eigenvalue weighted by Crippen LogP contribution is 2.26. The molecule has 0 bridgehead atoms. The van der Waals surface area contributed by atoms with Crippen LogP contribution in [0.2, 0.25) is 0 Å². The Morgan fingerprint density at radius 3 is 1.07 bits per heavy atom. The summed E-state index contributed by atoms with van der Waals surface area (Å²) < 4.78 is 20.3. The third-order valence-corrected chi connectivity index (χ3v) is 10.6. The first-order valence-corrected chi connectivity index (χ1v) is 22.0. The van der Waals surface area contributed by atoms with Crippen molar-refractivity contribution in [2.45, 2.75) is 66.7 Å². The van der Waals surface area contributed by atoms with Crippen molar-refractivity contribution in [3.63, 3.8) is 0 Å². The lowest BCUT2D eigenvalue weighted by molar-refractivity contribution is -0.121. The van der Waals surface area contributed by atoms with Gasteiger partial charge in [-0.3, -0.25) is 29.0 Å². The first-order chi connectivity index (χ1) is 32.2. The molecule has 350 valence electrons. The van der Waals surface area contributed by atoms with E-state index in [4.69, 9.17) is 18.9 Å². The molecule has 67 heavy (non-hydrogen) atoms. The van der Waals surface area contributed by atoms with Crippen LogP contribution in [0.4, 0.5) is 5.69 Å². The van der Waals surface area contributed by atoms with Crippen LogP contribution in [-0.4, -0.2) is 63.6 Å². The lowest BCUT2D eigenvalue weighted by atomic mass is 9.87. The van der Waals surface area contributed by atoms with Gasteiger partial charge >= 0.3 is 0 Å². The second kappa shape index (κ2) is 29.2. The summed E-state index contributed by atoms with van der Waals surface area (Å²) in [7, 11) is 6.58. The predicted octanol–water partition coefficient (Wildman–Crippen LogP) is 13.2. The molecule has 1 fully saturated rings. The fourth-order valence-corrected chi connectivity index (χ4v) is 6.54. The third kappa shape index (κ3) is 19.3. The number of hydrogen-bond acceptors (Lipinski definition) is 10. The number of rotatable bonds is 12. The molecule has 0 aliphatic heterocycles. The van der Waals surface area contributed by atoms with Crippen LogP contribution in [0.25, 0.3) is 11.1 Å². The zero-order chi connectivity index (χ0) is 49.1. The standard InChI is InChI=1S/C17H15NO2.C14H14O2.C10H10O2.C8H10O2.C8H14O/c1-12(19)15-5-3-14(4-6-15)11-18-17-9-7-16(8-10-17)13(2)20;1-15-13-7-3-11(4-8-13)12-5-9-14(16-2)10-6-12;1-7(11)9-3-5-10(6-4-9)8(2)12;1-9-7-5-3-4-6-8(7)10-2;1-7(9)8-5-3-2-4-6-8/h3-11H,1-2H3;3-10H,1-2H3;3-6H,1-2H3;3-6H,1-2H3;8H,2-6H2,1H3. The van der Waals surface area contributed by atoms with Crippen molar-refractivity contribution in [3.8, 4) is 34.1 Å². The maximum Gasteiger partial charge on any atom is 0.160 e. The van der Waals surface area contributed by atoms with Crippen molar-refractivity contribution >= 4 is 40.8 Å². The van der Waals surface area contributed by atoms with Gasteiger partial charge in [0.05, 0.1) is 34.1 Å². The zero-order valence-corrected chi connectivity index (χ0v) is 40.2. The van der Waals surface area contributed by atoms with E-state index in [2.05, 4.69) is 4.99 Å². The van der Waals surface area contributed by atoms with E-state index in [1.54, 1.807) is 109 Å². The number of ether oxygens (including phenoxy) is 4. The average Bonchev–Trinajstić information content (AvgIpc) is 3.37. The zero-order valence-electron chi connectivity index (χ0n) is 40.2. The maximum atomic E-state index is 11.2. The van der Waals surface area contributed by atoms with Crippen molar-refractivity contribution in [1.29, 1.82) is 0 Å². The van der Waals surface area contributed by atoms with Gasteiger partial charge in [0.1, 0.15) is 17.3 Å². The van der Waals surface area contributed by atoms with Crippen LogP contribution < -0.4 is 18.9 Å². The van der Waals surface area contributed by atoms with Gasteiger partial charge in [-0.1, -0.05) is 104 Å². The molecule has 10 heteroatoms. The molecule has 7 rings (SSSR count). The number of carbonyl (C=O) groups is 5. The van der Waals surface area contributed by atoms with Crippen LogP contribution in [0.1, 0.15) is 114 Å². The van der Waals surface area contributed by atoms with Crippen LogP contribution in [-0.2, 0) is 4.79 Å². The number of methoxy groups -OCH3 is 4. The topological polar surface area (TPSA) is 135 Å². The monoisotopic (exact) mass is 905 g/mol. The maximum absolute atomic E-state index is 11.2. The van der Waals surface area contributed by atoms with Crippen LogP contribution in [0, 0.1) is 5.92 Å². The van der Waals surface area contributed by atoms with E-state index in [0.29, 0.717) is 34.0 Å². The number of carbonyl (C=O) groups excluding carboxylic acids is 5. The second-order valence-electron chi connectivity index (χ2n) is 15.5. The number of benzene rings is 6. The Morgan fingerprint density at radius 1 is 0.433 bits per heavy atom. The predicted molar refractivity (Wildman–Crippen MR) is 268 cm³/mol. The highest BCUT2D eigenvalue weighted by atomic mass is 16.5. The van der Waals surface area contributed by atoms with Gasteiger partial charge in [-0.25, -0.2) is 0 Å². The molecular formula is C57H63NO9. The van der Waals surface area contributed by atoms with Gasteiger partial charge in [-0.05, 0) is 125 Å². The molecule has 6 aromatic carbocycles. The minimum atomic E-state index is 0.0186. The first kappa shape index (κ1) is 53.9. The summed E-state index contributed by atoms with van der Waals surface area (Å²) in [5.74, 6) is 4.22. The lowest BCUT2D eigenvalue weighted by Crippen LogP contribution is -2.13. The van der Waals surface area contributed by atoms with E-state index in [1.807, 2.05) is 84.9 Å². The fraction of sp³-hybridized carbons (Fsp3) is 0.263. The number of hydrogen-bond donors (Lipinski definition) is 0. The van der Waals surface area contributed by atoms with Crippen LogP contribution >= 0.6 is 0 Å². The van der Waals surface area contributed by atoms with Crippen molar-refractivity contribution < 1.29 is 42.9 Å². The number of aliphatic imine (C=N–C) groups is 1. The van der Waals surface area contributed by atoms with Crippen LogP contribution in [0.3, 0.4) is 0 Å². The number of nitrogens with zero attached hydrogens (tertiary/aromatic N) is 1. The van der Waals surface area contributed by atoms with E-state index >= 15 is 0 Å². The quantitative estimate of drug-likeness (QED) is 0.0868. The van der Waals surface area contributed by atoms with E-state index in [9.17, 15) is 24.0 Å². The Labute approximate surface area is 396 Å².